The van der Waals surface area contributed by atoms with E-state index in [1.165, 1.54) is 12.2 Å². The van der Waals surface area contributed by atoms with E-state index < -0.39 is 5.60 Å². The van der Waals surface area contributed by atoms with E-state index in [9.17, 15) is 9.59 Å². The van der Waals surface area contributed by atoms with Crippen LogP contribution in [0.3, 0.4) is 0 Å². The van der Waals surface area contributed by atoms with Crippen LogP contribution in [-0.4, -0.2) is 17.4 Å². The van der Waals surface area contributed by atoms with E-state index in [0.717, 1.165) is 0 Å². The lowest BCUT2D eigenvalue weighted by molar-refractivity contribution is -0.149. The molecule has 0 aromatic rings. The Balaban J connectivity index is 2.64. The third-order valence-electron chi connectivity index (χ3n) is 1.61. The Hall–Kier alpha value is -1.38. The fourth-order valence-electron chi connectivity index (χ4n) is 1.02. The van der Waals surface area contributed by atoms with Crippen molar-refractivity contribution in [2.75, 3.05) is 0 Å². The molecule has 14 heavy (non-hydrogen) atoms. The van der Waals surface area contributed by atoms with Gasteiger partial charge in [0.1, 0.15) is 5.60 Å². The number of rotatable bonds is 1. The van der Waals surface area contributed by atoms with Gasteiger partial charge in [-0.05, 0) is 32.9 Å². The van der Waals surface area contributed by atoms with Crippen LogP contribution in [0.15, 0.2) is 23.8 Å². The Labute approximate surface area is 83.4 Å². The van der Waals surface area contributed by atoms with Gasteiger partial charge in [-0.1, -0.05) is 6.08 Å². The zero-order valence-corrected chi connectivity index (χ0v) is 8.66. The number of hydrogen-bond donors (Lipinski definition) is 0. The first-order valence-corrected chi connectivity index (χ1v) is 4.53. The van der Waals surface area contributed by atoms with Crippen molar-refractivity contribution >= 4 is 11.8 Å². The predicted molar refractivity (Wildman–Crippen MR) is 52.7 cm³/mol. The minimum Gasteiger partial charge on any atom is -0.456 e. The minimum atomic E-state index is -0.493. The largest absolute Gasteiger partial charge is 0.456 e. The van der Waals surface area contributed by atoms with Crippen LogP contribution in [0.1, 0.15) is 27.2 Å². The summed E-state index contributed by atoms with van der Waals surface area (Å²) in [5.74, 6) is -0.362. The van der Waals surface area contributed by atoms with Crippen molar-refractivity contribution in [2.45, 2.75) is 32.8 Å². The van der Waals surface area contributed by atoms with Crippen LogP contribution in [0.4, 0.5) is 0 Å². The van der Waals surface area contributed by atoms with Crippen LogP contribution < -0.4 is 0 Å². The van der Waals surface area contributed by atoms with Crippen molar-refractivity contribution in [3.8, 4) is 0 Å². The van der Waals surface area contributed by atoms with Gasteiger partial charge >= 0.3 is 5.97 Å². The van der Waals surface area contributed by atoms with Gasteiger partial charge < -0.3 is 4.74 Å². The van der Waals surface area contributed by atoms with Gasteiger partial charge in [0.2, 0.25) is 0 Å². The first-order valence-electron chi connectivity index (χ1n) is 4.53. The standard InChI is InChI=1S/C11H14O3/c1-11(2,3)14-10(13)8-4-6-9(12)7-5-8/h4-6H,7H2,1-3H3. The smallest absolute Gasteiger partial charge is 0.338 e. The van der Waals surface area contributed by atoms with Gasteiger partial charge in [0, 0.05) is 6.42 Å². The Morgan fingerprint density at radius 2 is 2.00 bits per heavy atom. The summed E-state index contributed by atoms with van der Waals surface area (Å²) >= 11 is 0. The van der Waals surface area contributed by atoms with Crippen LogP contribution in [0.25, 0.3) is 0 Å². The molecule has 1 aliphatic rings. The molecule has 3 heteroatoms. The third-order valence-corrected chi connectivity index (χ3v) is 1.61. The molecule has 0 spiro atoms. The Morgan fingerprint density at radius 1 is 1.36 bits per heavy atom. The fraction of sp³-hybridized carbons (Fsp3) is 0.455. The summed E-state index contributed by atoms with van der Waals surface area (Å²) in [7, 11) is 0. The Bertz CT molecular complexity index is 316. The van der Waals surface area contributed by atoms with Gasteiger partial charge in [-0.3, -0.25) is 4.79 Å². The maximum Gasteiger partial charge on any atom is 0.338 e. The molecule has 3 nitrogen and oxygen atoms in total. The van der Waals surface area contributed by atoms with Crippen molar-refractivity contribution in [3.05, 3.63) is 23.8 Å². The molecule has 0 saturated carbocycles. The van der Waals surface area contributed by atoms with E-state index in [-0.39, 0.29) is 18.2 Å². The summed E-state index contributed by atoms with van der Waals surface area (Å²) in [6.07, 6.45) is 4.78. The molecule has 0 heterocycles. The van der Waals surface area contributed by atoms with Gasteiger partial charge in [0.25, 0.3) is 0 Å². The van der Waals surface area contributed by atoms with E-state index in [4.69, 9.17) is 4.74 Å². The third kappa shape index (κ3) is 3.17. The molecule has 0 unspecified atom stereocenters. The van der Waals surface area contributed by atoms with Crippen LogP contribution in [0, 0.1) is 0 Å². The number of esters is 1. The van der Waals surface area contributed by atoms with Crippen molar-refractivity contribution in [1.82, 2.24) is 0 Å². The van der Waals surface area contributed by atoms with Crippen molar-refractivity contribution in [2.24, 2.45) is 0 Å². The maximum atomic E-state index is 11.5. The van der Waals surface area contributed by atoms with Crippen LogP contribution in [0.2, 0.25) is 0 Å². The molecule has 0 aromatic heterocycles. The van der Waals surface area contributed by atoms with Crippen molar-refractivity contribution < 1.29 is 14.3 Å². The highest BCUT2D eigenvalue weighted by molar-refractivity contribution is 6.00. The molecule has 0 bridgehead atoms. The normalized spacial score (nSPS) is 16.5. The van der Waals surface area contributed by atoms with Crippen LogP contribution in [-0.2, 0) is 14.3 Å². The summed E-state index contributed by atoms with van der Waals surface area (Å²) in [6.45, 7) is 5.43. The second-order valence-corrected chi connectivity index (χ2v) is 4.17. The molecular weight excluding hydrogens is 180 g/mol. The molecule has 0 aromatic carbocycles. The number of carbonyl (C=O) groups excluding carboxylic acids is 2. The maximum absolute atomic E-state index is 11.5. The second kappa shape index (κ2) is 3.78. The predicted octanol–water partition coefficient (Wildman–Crippen LogP) is 1.78. The molecule has 0 fully saturated rings. The van der Waals surface area contributed by atoms with E-state index >= 15 is 0 Å². The number of allylic oxidation sites excluding steroid dienone is 2. The lowest BCUT2D eigenvalue weighted by Gasteiger charge is -2.20. The van der Waals surface area contributed by atoms with Crippen molar-refractivity contribution in [1.29, 1.82) is 0 Å². The highest BCUT2D eigenvalue weighted by atomic mass is 16.6. The Morgan fingerprint density at radius 3 is 2.43 bits per heavy atom. The second-order valence-electron chi connectivity index (χ2n) is 4.17. The average Bonchev–Trinajstić information content (AvgIpc) is 2.02. The molecule has 0 atom stereocenters. The van der Waals surface area contributed by atoms with E-state index in [1.807, 2.05) is 20.8 Å². The van der Waals surface area contributed by atoms with Crippen LogP contribution in [0.5, 0.6) is 0 Å². The van der Waals surface area contributed by atoms with E-state index in [0.29, 0.717) is 5.57 Å². The summed E-state index contributed by atoms with van der Waals surface area (Å²) in [5, 5.41) is 0. The van der Waals surface area contributed by atoms with Gasteiger partial charge in [0.05, 0.1) is 5.57 Å². The number of hydrogen-bond acceptors (Lipinski definition) is 3. The average molecular weight is 194 g/mol. The molecule has 76 valence electrons. The van der Waals surface area contributed by atoms with E-state index in [2.05, 4.69) is 0 Å². The van der Waals surface area contributed by atoms with E-state index in [1.54, 1.807) is 6.08 Å². The molecule has 1 aliphatic carbocycles. The molecule has 1 rings (SSSR count). The first kappa shape index (κ1) is 10.7. The van der Waals surface area contributed by atoms with Crippen molar-refractivity contribution in [3.63, 3.8) is 0 Å². The van der Waals surface area contributed by atoms with Gasteiger partial charge in [-0.2, -0.15) is 0 Å². The van der Waals surface area contributed by atoms with Crippen LogP contribution >= 0.6 is 0 Å². The topological polar surface area (TPSA) is 43.4 Å². The fourth-order valence-corrected chi connectivity index (χ4v) is 1.02. The molecule has 0 radical (unpaired) electrons. The summed E-state index contributed by atoms with van der Waals surface area (Å²) in [5.41, 5.74) is -0.0349. The SMILES string of the molecule is CC(C)(C)OC(=O)C1=CCC(=O)C=C1. The monoisotopic (exact) mass is 194 g/mol. The molecule has 0 saturated heterocycles. The summed E-state index contributed by atoms with van der Waals surface area (Å²) in [4.78, 5) is 22.3. The summed E-state index contributed by atoms with van der Waals surface area (Å²) in [6, 6.07) is 0. The number of ether oxygens (including phenoxy) is 1. The molecular formula is C11H14O3. The van der Waals surface area contributed by atoms with Gasteiger partial charge in [-0.15, -0.1) is 0 Å². The zero-order valence-electron chi connectivity index (χ0n) is 8.66. The zero-order chi connectivity index (χ0) is 10.8. The lowest BCUT2D eigenvalue weighted by Crippen LogP contribution is -2.25. The number of carbonyl (C=O) groups is 2. The van der Waals surface area contributed by atoms with Gasteiger partial charge in [-0.25, -0.2) is 4.79 Å². The summed E-state index contributed by atoms with van der Waals surface area (Å²) < 4.78 is 5.14. The molecule has 0 amide bonds. The Kier molecular flexibility index (Phi) is 2.89. The number of ketones is 1. The first-order chi connectivity index (χ1) is 6.38. The molecule has 0 aliphatic heterocycles. The minimum absolute atomic E-state index is 0.0114. The lowest BCUT2D eigenvalue weighted by atomic mass is 10.1. The van der Waals surface area contributed by atoms with Gasteiger partial charge in [0.15, 0.2) is 5.78 Å². The highest BCUT2D eigenvalue weighted by Crippen LogP contribution is 2.14. The quantitative estimate of drug-likeness (QED) is 0.597. The highest BCUT2D eigenvalue weighted by Gasteiger charge is 2.19. The molecule has 0 N–H and O–H groups in total.